The quantitative estimate of drug-likeness (QED) is 0.0467. The molecule has 0 saturated heterocycles. The molecule has 16 unspecified atom stereocenters. The van der Waals surface area contributed by atoms with E-state index >= 15 is 99.0 Å². The molecule has 0 bridgehead atoms. The molecule has 0 aromatic heterocycles. The molecule has 16 atom stereocenters. The minimum Gasteiger partial charge on any atom is -0.468 e. The highest BCUT2D eigenvalue weighted by atomic mass is 19.2. The number of alkyl halides is 16. The van der Waals surface area contributed by atoms with Gasteiger partial charge in [0, 0.05) is 77.9 Å². The van der Waals surface area contributed by atoms with E-state index < -0.39 is 368 Å². The number of halogens is 16. The van der Waals surface area contributed by atoms with Gasteiger partial charge < -0.3 is 28.4 Å². The maximum absolute atomic E-state index is 24.8. The lowest BCUT2D eigenvalue weighted by atomic mass is 9.32. The van der Waals surface area contributed by atoms with E-state index in [1.807, 2.05) is 0 Å². The summed E-state index contributed by atoms with van der Waals surface area (Å²) in [5.74, 6) is -15.3. The molecule has 0 amide bonds. The lowest BCUT2D eigenvalue weighted by Crippen LogP contribution is -2.90. The molecule has 114 heavy (non-hydrogen) atoms. The molecule has 28 heteroatoms. The van der Waals surface area contributed by atoms with Crippen molar-refractivity contribution in [1.82, 2.24) is 0 Å². The van der Waals surface area contributed by atoms with Gasteiger partial charge in [0.05, 0.1) is 14.2 Å². The van der Waals surface area contributed by atoms with Crippen LogP contribution in [0.3, 0.4) is 0 Å². The zero-order chi connectivity index (χ0) is 80.0. The molecule has 0 spiro atoms. The monoisotopic (exact) mass is 1570 g/mol. The van der Waals surface area contributed by atoms with Crippen molar-refractivity contribution in [3.05, 3.63) is 100 Å². The van der Waals surface area contributed by atoms with Crippen molar-refractivity contribution in [3.8, 4) is 0 Å². The van der Waals surface area contributed by atoms with Crippen LogP contribution >= 0.6 is 0 Å². The van der Waals surface area contributed by atoms with Crippen molar-refractivity contribution >= 4 is 165 Å². The zero-order valence-corrected chi connectivity index (χ0v) is 60.9. The number of carbonyl (C=O) groups is 6. The maximum atomic E-state index is 24.8. The predicted octanol–water partition coefficient (Wildman–Crippen LogP) is 16.9. The predicted molar refractivity (Wildman–Crippen MR) is 364 cm³/mol. The number of ether oxygens (including phenoxy) is 6. The summed E-state index contributed by atoms with van der Waals surface area (Å²) < 4.78 is 415. The zero-order valence-electron chi connectivity index (χ0n) is 60.9. The molecular formula is C86H42F16O12. The standard InChI is InChI=1S/C86H42F16O12/c1-63(2,3)111-59(105)67(57(103)109-13,60(106)112-64(4,5)6)69-39-30-21-15-16-18-20-19-17(15)23-28-25(19)34-35-26(20)29-24(18)33-31-22(16)27(21)36-45(39)72(88)73(89)46(36)40(31)70(68(58(104)110-14,61(107)113-65(7,8)9)62(108)114-66(10,11)12)42(33)48-38(29)50-44(35)71(87)43(34)49-37(28)47(41(69)32(23)30)74(90)76(49,92)82(98)55-53-51(78(72,94)84(69,100)80(53,74)96)52-54-56(55)83(99,86(71,82)102)77(50,93)75(48,91)81(54,97)85(70,101)79(52,73)95/h1-14H3. The molecule has 0 fully saturated rings. The van der Waals surface area contributed by atoms with Crippen molar-refractivity contribution < 1.29 is 127 Å². The number of hydrogen-bond acceptors (Lipinski definition) is 12. The van der Waals surface area contributed by atoms with Gasteiger partial charge >= 0.3 is 35.8 Å². The van der Waals surface area contributed by atoms with E-state index in [1.165, 1.54) is 0 Å². The minimum atomic E-state index is -6.67. The van der Waals surface area contributed by atoms with Crippen molar-refractivity contribution in [2.75, 3.05) is 14.2 Å². The van der Waals surface area contributed by atoms with Gasteiger partial charge in [-0.25, -0.2) is 70.2 Å². The molecule has 18 aliphatic rings. The van der Waals surface area contributed by atoms with Gasteiger partial charge in [-0.05, 0) is 235 Å². The Bertz CT molecular complexity index is 7500. The smallest absolute Gasteiger partial charge is 0.337 e. The van der Waals surface area contributed by atoms with E-state index in [0.717, 1.165) is 83.1 Å². The Hall–Kier alpha value is -9.76. The molecule has 14 aromatic rings. The molecule has 0 aliphatic heterocycles. The van der Waals surface area contributed by atoms with E-state index in [9.17, 15) is 0 Å². The normalized spacial score (nSPS) is 41.7. The van der Waals surface area contributed by atoms with Crippen molar-refractivity contribution in [3.63, 3.8) is 0 Å². The minimum absolute atomic E-state index is 0.272. The summed E-state index contributed by atoms with van der Waals surface area (Å²) in [6, 6.07) is 0. The van der Waals surface area contributed by atoms with E-state index in [-0.39, 0.29) is 32.3 Å². The lowest BCUT2D eigenvalue weighted by Gasteiger charge is -2.71. The molecule has 32 rings (SSSR count). The molecule has 570 valence electrons. The second kappa shape index (κ2) is 13.4. The van der Waals surface area contributed by atoms with Gasteiger partial charge in [0.15, 0.2) is 0 Å². The molecule has 18 aliphatic carbocycles. The van der Waals surface area contributed by atoms with E-state index in [0.29, 0.717) is 14.2 Å². The summed E-state index contributed by atoms with van der Waals surface area (Å²) >= 11 is 0. The number of benzene rings is 11. The second-order valence-corrected chi connectivity index (χ2v) is 40.3. The molecule has 0 heterocycles. The summed E-state index contributed by atoms with van der Waals surface area (Å²) in [5.41, 5.74) is -172. The topological polar surface area (TPSA) is 158 Å². The SMILES string of the molecule is COC(=O)C(C(=O)OC(C)(C)C)(C(=O)OC(C)(C)C)C12c3c4c5c6c7c8c9c%10c%11c%12c%13c%14c%15c%16c%17c%18c%19c(c1c1c3c3c5c8c5c8c9c%12c%15c8c8c%16c%19c1c8c35)C1(F)C%18(F)C3(F)c5c8c9c%12c%15c5C1(F)C2(F)C%15(F)C4(F)C6(F)C%12(F)C(F)(C7%10F)C9(F)C%11(F)C%13(F)C8(F)C3(F)C%14%17C(C(=O)OC)(C(=O)OC(C)(C)C)C(=O)OC(C)(C)C. The average Bonchev–Trinajstić information content (AvgIpc) is 1.34. The third-order valence-electron chi connectivity index (χ3n) is 33.4. The van der Waals surface area contributed by atoms with Crippen LogP contribution in [-0.2, 0) is 142 Å². The van der Waals surface area contributed by atoms with Crippen LogP contribution in [0.25, 0.3) is 129 Å². The highest BCUT2D eigenvalue weighted by Gasteiger charge is 3.19. The Morgan fingerprint density at radius 3 is 0.561 bits per heavy atom. The van der Waals surface area contributed by atoms with Crippen LogP contribution in [0.5, 0.6) is 0 Å². The van der Waals surface area contributed by atoms with Crippen LogP contribution in [0.4, 0.5) is 70.2 Å². The molecule has 14 aromatic carbocycles. The van der Waals surface area contributed by atoms with Gasteiger partial charge in [-0.1, -0.05) is 0 Å². The summed E-state index contributed by atoms with van der Waals surface area (Å²) in [4.78, 5) is 104. The van der Waals surface area contributed by atoms with Gasteiger partial charge in [0.25, 0.3) is 10.8 Å². The lowest BCUT2D eigenvalue weighted by molar-refractivity contribution is -0.376. The van der Waals surface area contributed by atoms with Gasteiger partial charge in [0.1, 0.15) is 33.2 Å². The maximum Gasteiger partial charge on any atom is 0.337 e. The van der Waals surface area contributed by atoms with Gasteiger partial charge in [-0.2, -0.15) is 0 Å². The second-order valence-electron chi connectivity index (χ2n) is 40.3. The number of rotatable bonds is 8. The van der Waals surface area contributed by atoms with Gasteiger partial charge in [-0.3, -0.25) is 28.8 Å². The Labute approximate surface area is 622 Å². The summed E-state index contributed by atoms with van der Waals surface area (Å²) in [6.45, 7) is 12.8. The van der Waals surface area contributed by atoms with E-state index in [2.05, 4.69) is 0 Å². The van der Waals surface area contributed by atoms with Crippen molar-refractivity contribution in [2.24, 2.45) is 10.8 Å². The number of esters is 6. The number of carbonyl (C=O) groups excluding carboxylic acids is 6. The van der Waals surface area contributed by atoms with Gasteiger partial charge in [-0.15, -0.1) is 0 Å². The Morgan fingerprint density at radius 1 is 0.202 bits per heavy atom. The van der Waals surface area contributed by atoms with Crippen molar-refractivity contribution in [2.45, 2.75) is 207 Å². The van der Waals surface area contributed by atoms with E-state index in [1.54, 1.807) is 0 Å². The van der Waals surface area contributed by atoms with Crippen LogP contribution in [-0.4, -0.2) is 89.4 Å². The third-order valence-corrected chi connectivity index (χ3v) is 33.4. The van der Waals surface area contributed by atoms with Crippen LogP contribution < -0.4 is 0 Å². The fourth-order valence-corrected chi connectivity index (χ4v) is 32.6. The van der Waals surface area contributed by atoms with Crippen molar-refractivity contribution in [1.29, 1.82) is 0 Å². The molecular weight excluding hydrogens is 1530 g/mol. The fourth-order valence-electron chi connectivity index (χ4n) is 32.6. The first kappa shape index (κ1) is 61.7. The van der Waals surface area contributed by atoms with E-state index in [4.69, 9.17) is 28.4 Å². The first-order valence-electron chi connectivity index (χ1n) is 37.6. The van der Waals surface area contributed by atoms with Crippen LogP contribution in [0.2, 0.25) is 0 Å². The average molecular weight is 1570 g/mol. The van der Waals surface area contributed by atoms with Crippen LogP contribution in [0.1, 0.15) is 183 Å². The van der Waals surface area contributed by atoms with Crippen LogP contribution in [0.15, 0.2) is 0 Å². The number of methoxy groups -OCH3 is 2. The van der Waals surface area contributed by atoms with Crippen LogP contribution in [0, 0.1) is 10.8 Å². The highest BCUT2D eigenvalue weighted by molar-refractivity contribution is 6.68. The summed E-state index contributed by atoms with van der Waals surface area (Å²) in [6.07, 6.45) is 0. The molecule has 0 radical (unpaired) electrons. The fraction of sp³-hybridized carbons (Fsp3) is 0.442. The molecule has 0 N–H and O–H groups in total. The first-order valence-corrected chi connectivity index (χ1v) is 37.6. The third kappa shape index (κ3) is 3.41. The van der Waals surface area contributed by atoms with Gasteiger partial charge in [0.2, 0.25) is 90.7 Å². The molecule has 12 nitrogen and oxygen atoms in total. The number of hydrogen-bond donors (Lipinski definition) is 0. The summed E-state index contributed by atoms with van der Waals surface area (Å²) in [5, 5.41) is -16.8. The summed E-state index contributed by atoms with van der Waals surface area (Å²) in [7, 11) is 0.819. The highest BCUT2D eigenvalue weighted by Crippen LogP contribution is 3.08. The Morgan fingerprint density at radius 2 is 0.368 bits per heavy atom. The Balaban J connectivity index is 1.04. The first-order chi connectivity index (χ1) is 52.7. The Kier molecular flexibility index (Phi) is 7.22. The molecule has 0 saturated carbocycles. The largest absolute Gasteiger partial charge is 0.468 e.